The second kappa shape index (κ2) is 8.19. The van der Waals surface area contributed by atoms with E-state index in [4.69, 9.17) is 16.3 Å². The lowest BCUT2D eigenvalue weighted by atomic mass is 9.99. The lowest BCUT2D eigenvalue weighted by Crippen LogP contribution is -2.19. The zero-order valence-corrected chi connectivity index (χ0v) is 14.5. The van der Waals surface area contributed by atoms with E-state index in [0.717, 1.165) is 0 Å². The second-order valence-corrected chi connectivity index (χ2v) is 5.98. The number of anilines is 1. The molecule has 1 atom stereocenters. The van der Waals surface area contributed by atoms with Crippen molar-refractivity contribution in [2.24, 2.45) is 0 Å². The number of nitrogens with one attached hydrogen (secondary N) is 1. The molecule has 1 unspecified atom stereocenters. The standard InChI is InChI=1S/C21H15ClN2O2/c22-16-8-12-19(13-9-16)26-18-10-6-15(7-11-18)20(14-23)21(25)24-17-4-2-1-3-5-17/h1-13,20H,(H,24,25). The number of rotatable bonds is 5. The van der Waals surface area contributed by atoms with Crippen LogP contribution in [0.2, 0.25) is 5.02 Å². The SMILES string of the molecule is N#CC(C(=O)Nc1ccccc1)c1ccc(Oc2ccc(Cl)cc2)cc1. The maximum absolute atomic E-state index is 12.4. The van der Waals surface area contributed by atoms with Crippen LogP contribution in [-0.2, 0) is 4.79 Å². The first-order valence-electron chi connectivity index (χ1n) is 7.94. The number of carbonyl (C=O) groups excluding carboxylic acids is 1. The Morgan fingerprint density at radius 1 is 0.923 bits per heavy atom. The molecule has 26 heavy (non-hydrogen) atoms. The molecule has 0 saturated carbocycles. The number of ether oxygens (including phenoxy) is 1. The first kappa shape index (κ1) is 17.5. The highest BCUT2D eigenvalue weighted by atomic mass is 35.5. The summed E-state index contributed by atoms with van der Waals surface area (Å²) in [6.45, 7) is 0. The largest absolute Gasteiger partial charge is 0.457 e. The van der Waals surface area contributed by atoms with Gasteiger partial charge in [-0.15, -0.1) is 0 Å². The van der Waals surface area contributed by atoms with Crippen LogP contribution in [0.4, 0.5) is 5.69 Å². The van der Waals surface area contributed by atoms with E-state index in [2.05, 4.69) is 5.32 Å². The highest BCUT2D eigenvalue weighted by Gasteiger charge is 2.20. The zero-order chi connectivity index (χ0) is 18.4. The van der Waals surface area contributed by atoms with Gasteiger partial charge < -0.3 is 10.1 Å². The summed E-state index contributed by atoms with van der Waals surface area (Å²) in [4.78, 5) is 12.4. The Kier molecular flexibility index (Phi) is 5.52. The average Bonchev–Trinajstić information content (AvgIpc) is 2.66. The lowest BCUT2D eigenvalue weighted by Gasteiger charge is -2.12. The molecule has 4 nitrogen and oxygen atoms in total. The third-order valence-corrected chi connectivity index (χ3v) is 3.95. The summed E-state index contributed by atoms with van der Waals surface area (Å²) >= 11 is 5.85. The highest BCUT2D eigenvalue weighted by molar-refractivity contribution is 6.30. The van der Waals surface area contributed by atoms with Crippen molar-refractivity contribution >= 4 is 23.2 Å². The summed E-state index contributed by atoms with van der Waals surface area (Å²) in [5.74, 6) is -0.0121. The Labute approximate surface area is 156 Å². The van der Waals surface area contributed by atoms with Crippen molar-refractivity contribution in [2.45, 2.75) is 5.92 Å². The molecule has 0 aliphatic rings. The molecule has 1 amide bonds. The van der Waals surface area contributed by atoms with Crippen molar-refractivity contribution in [3.63, 3.8) is 0 Å². The number of hydrogen-bond acceptors (Lipinski definition) is 3. The first-order chi connectivity index (χ1) is 12.7. The molecule has 0 aliphatic carbocycles. The van der Waals surface area contributed by atoms with Gasteiger partial charge >= 0.3 is 0 Å². The van der Waals surface area contributed by atoms with Crippen LogP contribution >= 0.6 is 11.6 Å². The van der Waals surface area contributed by atoms with Gasteiger partial charge in [0.25, 0.3) is 0 Å². The molecular weight excluding hydrogens is 348 g/mol. The molecule has 3 aromatic carbocycles. The smallest absolute Gasteiger partial charge is 0.246 e. The molecule has 0 aliphatic heterocycles. The number of carbonyl (C=O) groups is 1. The molecule has 0 radical (unpaired) electrons. The third kappa shape index (κ3) is 4.41. The van der Waals surface area contributed by atoms with Gasteiger partial charge in [0.05, 0.1) is 6.07 Å². The maximum atomic E-state index is 12.4. The number of para-hydroxylation sites is 1. The highest BCUT2D eigenvalue weighted by Crippen LogP contribution is 2.25. The molecular formula is C21H15ClN2O2. The summed E-state index contributed by atoms with van der Waals surface area (Å²) in [5, 5.41) is 12.8. The molecule has 0 bridgehead atoms. The van der Waals surface area contributed by atoms with Crippen LogP contribution in [-0.4, -0.2) is 5.91 Å². The Morgan fingerprint density at radius 3 is 2.08 bits per heavy atom. The van der Waals surface area contributed by atoms with Crippen molar-refractivity contribution < 1.29 is 9.53 Å². The summed E-state index contributed by atoms with van der Waals surface area (Å²) in [6.07, 6.45) is 0. The van der Waals surface area contributed by atoms with Gasteiger partial charge in [0.1, 0.15) is 11.5 Å². The normalized spacial score (nSPS) is 11.2. The number of nitrogens with zero attached hydrogens (tertiary/aromatic N) is 1. The van der Waals surface area contributed by atoms with Gasteiger partial charge in [-0.2, -0.15) is 5.26 Å². The Hall–Kier alpha value is -3.29. The van der Waals surface area contributed by atoms with Crippen LogP contribution in [0.15, 0.2) is 78.9 Å². The van der Waals surface area contributed by atoms with Crippen molar-refractivity contribution in [2.75, 3.05) is 5.32 Å². The summed E-state index contributed by atoms with van der Waals surface area (Å²) < 4.78 is 5.72. The van der Waals surface area contributed by atoms with Crippen LogP contribution in [0.5, 0.6) is 11.5 Å². The fourth-order valence-electron chi connectivity index (χ4n) is 2.39. The van der Waals surface area contributed by atoms with Crippen LogP contribution < -0.4 is 10.1 Å². The molecule has 128 valence electrons. The minimum Gasteiger partial charge on any atom is -0.457 e. The van der Waals surface area contributed by atoms with Gasteiger partial charge in [-0.3, -0.25) is 4.79 Å². The van der Waals surface area contributed by atoms with Gasteiger partial charge in [0.15, 0.2) is 5.92 Å². The van der Waals surface area contributed by atoms with E-state index in [9.17, 15) is 10.1 Å². The summed E-state index contributed by atoms with van der Waals surface area (Å²) in [6, 6.07) is 25.0. The van der Waals surface area contributed by atoms with Crippen molar-refractivity contribution in [1.29, 1.82) is 5.26 Å². The van der Waals surface area contributed by atoms with Gasteiger partial charge in [-0.1, -0.05) is 41.9 Å². The summed E-state index contributed by atoms with van der Waals surface area (Å²) in [5.41, 5.74) is 1.25. The number of hydrogen-bond donors (Lipinski definition) is 1. The average molecular weight is 363 g/mol. The molecule has 3 aromatic rings. The van der Waals surface area contributed by atoms with E-state index < -0.39 is 5.92 Å². The fourth-order valence-corrected chi connectivity index (χ4v) is 2.51. The van der Waals surface area contributed by atoms with Crippen LogP contribution in [0.3, 0.4) is 0 Å². The molecule has 0 fully saturated rings. The van der Waals surface area contributed by atoms with Gasteiger partial charge in [-0.05, 0) is 54.1 Å². The second-order valence-electron chi connectivity index (χ2n) is 5.54. The third-order valence-electron chi connectivity index (χ3n) is 3.70. The van der Waals surface area contributed by atoms with Crippen molar-refractivity contribution in [3.8, 4) is 17.6 Å². The Balaban J connectivity index is 1.70. The van der Waals surface area contributed by atoms with Crippen LogP contribution in [0, 0.1) is 11.3 Å². The summed E-state index contributed by atoms with van der Waals surface area (Å²) in [7, 11) is 0. The van der Waals surface area contributed by atoms with E-state index in [0.29, 0.717) is 27.8 Å². The fraction of sp³-hybridized carbons (Fsp3) is 0.0476. The van der Waals surface area contributed by atoms with E-state index in [-0.39, 0.29) is 5.91 Å². The number of benzene rings is 3. The van der Waals surface area contributed by atoms with Crippen LogP contribution in [0.25, 0.3) is 0 Å². The minimum absolute atomic E-state index is 0.370. The van der Waals surface area contributed by atoms with E-state index in [1.54, 1.807) is 60.7 Å². The predicted octanol–water partition coefficient (Wildman–Crippen LogP) is 5.38. The molecule has 0 spiro atoms. The van der Waals surface area contributed by atoms with Crippen molar-refractivity contribution in [1.82, 2.24) is 0 Å². The van der Waals surface area contributed by atoms with Gasteiger partial charge in [0, 0.05) is 10.7 Å². The lowest BCUT2D eigenvalue weighted by molar-refractivity contribution is -0.116. The number of halogens is 1. The van der Waals surface area contributed by atoms with Gasteiger partial charge in [-0.25, -0.2) is 0 Å². The van der Waals surface area contributed by atoms with E-state index >= 15 is 0 Å². The number of amides is 1. The molecule has 1 N–H and O–H groups in total. The Morgan fingerprint density at radius 2 is 1.50 bits per heavy atom. The number of nitriles is 1. The zero-order valence-electron chi connectivity index (χ0n) is 13.7. The van der Waals surface area contributed by atoms with Gasteiger partial charge in [0.2, 0.25) is 5.91 Å². The minimum atomic E-state index is -0.903. The monoisotopic (exact) mass is 362 g/mol. The van der Waals surface area contributed by atoms with E-state index in [1.807, 2.05) is 24.3 Å². The van der Waals surface area contributed by atoms with Crippen LogP contribution in [0.1, 0.15) is 11.5 Å². The molecule has 0 saturated heterocycles. The topological polar surface area (TPSA) is 62.1 Å². The first-order valence-corrected chi connectivity index (χ1v) is 8.32. The Bertz CT molecular complexity index is 917. The molecule has 3 rings (SSSR count). The van der Waals surface area contributed by atoms with E-state index in [1.165, 1.54) is 0 Å². The molecule has 0 aromatic heterocycles. The maximum Gasteiger partial charge on any atom is 0.246 e. The molecule has 5 heteroatoms. The quantitative estimate of drug-likeness (QED) is 0.662. The predicted molar refractivity (Wildman–Crippen MR) is 101 cm³/mol. The molecule has 0 heterocycles. The van der Waals surface area contributed by atoms with Crippen molar-refractivity contribution in [3.05, 3.63) is 89.4 Å².